The van der Waals surface area contributed by atoms with E-state index < -0.39 is 23.8 Å². The summed E-state index contributed by atoms with van der Waals surface area (Å²) in [6.07, 6.45) is 1.12. The summed E-state index contributed by atoms with van der Waals surface area (Å²) < 4.78 is 0. The zero-order chi connectivity index (χ0) is 17.1. The van der Waals surface area contributed by atoms with E-state index in [9.17, 15) is 19.2 Å². The number of anilines is 1. The number of benzene rings is 1. The molecule has 2 rings (SSSR count). The van der Waals surface area contributed by atoms with E-state index in [0.29, 0.717) is 30.1 Å². The summed E-state index contributed by atoms with van der Waals surface area (Å²) in [5.74, 6) is -2.93. The molecule has 23 heavy (non-hydrogen) atoms. The Balaban J connectivity index is 2.26. The molecule has 0 atom stereocenters. The minimum atomic E-state index is -1.62. The van der Waals surface area contributed by atoms with Crippen LogP contribution in [-0.2, 0) is 14.4 Å². The third kappa shape index (κ3) is 3.59. The molecule has 5 N–H and O–H groups in total. The molecule has 0 aliphatic carbocycles. The van der Waals surface area contributed by atoms with Gasteiger partial charge >= 0.3 is 0 Å². The van der Waals surface area contributed by atoms with Crippen molar-refractivity contribution in [3.8, 4) is 0 Å². The smallest absolute Gasteiger partial charge is 0.252 e. The number of carbonyl (C=O) groups is 4. The number of halogens is 1. The van der Waals surface area contributed by atoms with Crippen LogP contribution in [0.4, 0.5) is 5.69 Å². The van der Waals surface area contributed by atoms with E-state index >= 15 is 0 Å². The lowest BCUT2D eigenvalue weighted by molar-refractivity contribution is -0.128. The quantitative estimate of drug-likeness (QED) is 0.625. The van der Waals surface area contributed by atoms with Crippen molar-refractivity contribution in [3.63, 3.8) is 0 Å². The molecule has 0 bridgehead atoms. The van der Waals surface area contributed by atoms with E-state index in [4.69, 9.17) is 23.1 Å². The fourth-order valence-corrected chi connectivity index (χ4v) is 2.48. The maximum absolute atomic E-state index is 12.2. The zero-order valence-electron chi connectivity index (χ0n) is 12.0. The first-order chi connectivity index (χ1) is 10.8. The molecule has 9 heteroatoms. The van der Waals surface area contributed by atoms with Gasteiger partial charge in [-0.25, -0.2) is 0 Å². The highest BCUT2D eigenvalue weighted by Crippen LogP contribution is 2.30. The van der Waals surface area contributed by atoms with Crippen LogP contribution >= 0.6 is 11.6 Å². The molecule has 0 spiro atoms. The molecule has 1 fully saturated rings. The standard InChI is InChI=1S/C14H15ClN4O4/c15-8-4-3-7(6-9(8)19-5-1-2-10(19)20)14(23)18-11(12(16)21)13(17)22/h3-4,6,11H,1-2,5H2,(H2,16,21)(H2,17,22)(H,18,23). The highest BCUT2D eigenvalue weighted by Gasteiger charge is 2.27. The van der Waals surface area contributed by atoms with Crippen LogP contribution in [0.2, 0.25) is 5.02 Å². The Morgan fingerprint density at radius 3 is 2.39 bits per heavy atom. The fraction of sp³-hybridized carbons (Fsp3) is 0.286. The average Bonchev–Trinajstić information content (AvgIpc) is 2.90. The number of rotatable bonds is 5. The van der Waals surface area contributed by atoms with Crippen molar-refractivity contribution >= 4 is 40.9 Å². The van der Waals surface area contributed by atoms with Gasteiger partial charge in [-0.15, -0.1) is 0 Å². The molecule has 1 aliphatic heterocycles. The summed E-state index contributed by atoms with van der Waals surface area (Å²) in [4.78, 5) is 47.7. The molecular weight excluding hydrogens is 324 g/mol. The lowest BCUT2D eigenvalue weighted by Crippen LogP contribution is -2.52. The lowest BCUT2D eigenvalue weighted by atomic mass is 10.1. The second-order valence-electron chi connectivity index (χ2n) is 5.03. The van der Waals surface area contributed by atoms with E-state index in [1.807, 2.05) is 0 Å². The second kappa shape index (κ2) is 6.66. The van der Waals surface area contributed by atoms with Gasteiger partial charge in [-0.05, 0) is 24.6 Å². The largest absolute Gasteiger partial charge is 0.367 e. The van der Waals surface area contributed by atoms with Crippen LogP contribution in [0, 0.1) is 0 Å². The summed E-state index contributed by atoms with van der Waals surface area (Å²) in [6.45, 7) is 0.509. The molecular formula is C14H15ClN4O4. The maximum atomic E-state index is 12.2. The molecule has 0 aromatic heterocycles. The topological polar surface area (TPSA) is 136 Å². The third-order valence-corrected chi connectivity index (χ3v) is 3.74. The number of nitrogens with zero attached hydrogens (tertiary/aromatic N) is 1. The van der Waals surface area contributed by atoms with Gasteiger partial charge in [0.15, 0.2) is 6.04 Å². The van der Waals surface area contributed by atoms with Gasteiger partial charge in [0.2, 0.25) is 17.7 Å². The van der Waals surface area contributed by atoms with Crippen molar-refractivity contribution in [3.05, 3.63) is 28.8 Å². The van der Waals surface area contributed by atoms with E-state index in [1.165, 1.54) is 23.1 Å². The van der Waals surface area contributed by atoms with Gasteiger partial charge in [0, 0.05) is 18.5 Å². The number of primary amides is 2. The summed E-state index contributed by atoms with van der Waals surface area (Å²) in [5.41, 5.74) is 10.5. The SMILES string of the molecule is NC(=O)C(NC(=O)c1ccc(Cl)c(N2CCCC2=O)c1)C(N)=O. The molecule has 1 aliphatic rings. The Bertz CT molecular complexity index is 677. The van der Waals surface area contributed by atoms with Crippen LogP contribution in [0.1, 0.15) is 23.2 Å². The molecule has 1 heterocycles. The first kappa shape index (κ1) is 16.8. The van der Waals surface area contributed by atoms with Crippen molar-refractivity contribution in [2.24, 2.45) is 11.5 Å². The van der Waals surface area contributed by atoms with Crippen LogP contribution in [0.15, 0.2) is 18.2 Å². The number of nitrogens with two attached hydrogens (primary N) is 2. The van der Waals surface area contributed by atoms with Crippen LogP contribution < -0.4 is 21.7 Å². The van der Waals surface area contributed by atoms with Gasteiger partial charge in [0.1, 0.15) is 0 Å². The number of hydrogen-bond acceptors (Lipinski definition) is 4. The molecule has 4 amide bonds. The summed E-state index contributed by atoms with van der Waals surface area (Å²) in [6, 6.07) is 2.66. The Morgan fingerprint density at radius 1 is 1.22 bits per heavy atom. The average molecular weight is 339 g/mol. The highest BCUT2D eigenvalue weighted by atomic mass is 35.5. The van der Waals surface area contributed by atoms with Crippen molar-refractivity contribution < 1.29 is 19.2 Å². The third-order valence-electron chi connectivity index (χ3n) is 3.42. The van der Waals surface area contributed by atoms with Gasteiger partial charge in [-0.3, -0.25) is 19.2 Å². The molecule has 0 saturated carbocycles. The van der Waals surface area contributed by atoms with E-state index in [0.717, 1.165) is 0 Å². The van der Waals surface area contributed by atoms with Gasteiger partial charge in [0.25, 0.3) is 5.91 Å². The summed E-state index contributed by atoms with van der Waals surface area (Å²) >= 11 is 6.08. The Morgan fingerprint density at radius 2 is 1.87 bits per heavy atom. The van der Waals surface area contributed by atoms with Crippen molar-refractivity contribution in [1.82, 2.24) is 5.32 Å². The lowest BCUT2D eigenvalue weighted by Gasteiger charge is -2.18. The molecule has 1 aromatic carbocycles. The molecule has 1 aromatic rings. The van der Waals surface area contributed by atoms with Gasteiger partial charge in [-0.1, -0.05) is 11.6 Å². The van der Waals surface area contributed by atoms with Crippen molar-refractivity contribution in [1.29, 1.82) is 0 Å². The monoisotopic (exact) mass is 338 g/mol. The van der Waals surface area contributed by atoms with E-state index in [1.54, 1.807) is 0 Å². The number of amides is 4. The van der Waals surface area contributed by atoms with Gasteiger partial charge < -0.3 is 21.7 Å². The fourth-order valence-electron chi connectivity index (χ4n) is 2.26. The molecule has 0 unspecified atom stereocenters. The minimum absolute atomic E-state index is 0.0865. The molecule has 0 radical (unpaired) electrons. The van der Waals surface area contributed by atoms with Crippen LogP contribution in [0.25, 0.3) is 0 Å². The van der Waals surface area contributed by atoms with Crippen LogP contribution in [0.3, 0.4) is 0 Å². The predicted octanol–water partition coefficient (Wildman–Crippen LogP) is -0.464. The molecule has 8 nitrogen and oxygen atoms in total. The normalized spacial score (nSPS) is 14.2. The zero-order valence-corrected chi connectivity index (χ0v) is 12.8. The minimum Gasteiger partial charge on any atom is -0.367 e. The second-order valence-corrected chi connectivity index (χ2v) is 5.43. The Labute approximate surface area is 136 Å². The first-order valence-electron chi connectivity index (χ1n) is 6.80. The predicted molar refractivity (Wildman–Crippen MR) is 82.7 cm³/mol. The van der Waals surface area contributed by atoms with Gasteiger partial charge in [-0.2, -0.15) is 0 Å². The number of hydrogen-bond donors (Lipinski definition) is 3. The summed E-state index contributed by atoms with van der Waals surface area (Å²) in [7, 11) is 0. The Kier molecular flexibility index (Phi) is 4.85. The van der Waals surface area contributed by atoms with E-state index in [-0.39, 0.29) is 11.5 Å². The van der Waals surface area contributed by atoms with E-state index in [2.05, 4.69) is 5.32 Å². The summed E-state index contributed by atoms with van der Waals surface area (Å²) in [5, 5.41) is 2.46. The molecule has 122 valence electrons. The highest BCUT2D eigenvalue weighted by molar-refractivity contribution is 6.34. The number of nitrogens with one attached hydrogen (secondary N) is 1. The van der Waals surface area contributed by atoms with Gasteiger partial charge in [0.05, 0.1) is 10.7 Å². The van der Waals surface area contributed by atoms with Crippen LogP contribution in [0.5, 0.6) is 0 Å². The first-order valence-corrected chi connectivity index (χ1v) is 7.18. The van der Waals surface area contributed by atoms with Crippen molar-refractivity contribution in [2.45, 2.75) is 18.9 Å². The Hall–Kier alpha value is -2.61. The number of carbonyl (C=O) groups excluding carboxylic acids is 4. The van der Waals surface area contributed by atoms with Crippen molar-refractivity contribution in [2.75, 3.05) is 11.4 Å². The van der Waals surface area contributed by atoms with Crippen LogP contribution in [-0.4, -0.2) is 36.2 Å². The molecule has 1 saturated heterocycles. The maximum Gasteiger partial charge on any atom is 0.252 e.